The Bertz CT molecular complexity index is 443. The maximum absolute atomic E-state index is 5.46. The molecular formula is C13H25N7O. The van der Waals surface area contributed by atoms with Gasteiger partial charge in [0.25, 0.3) is 0 Å². The molecule has 0 spiro atoms. The molecule has 2 heterocycles. The molecule has 1 fully saturated rings. The lowest BCUT2D eigenvalue weighted by atomic mass is 10.1. The standard InChI is InChI=1S/C13H25N7O/c1-3-8-21-13-17-11(16-12(18-13)19-14)15-10-6-5-7-20(4-2)9-10/h10H,3-9,14H2,1-2H3,(H2,15,16,17,18,19). The zero-order valence-electron chi connectivity index (χ0n) is 12.8. The van der Waals surface area contributed by atoms with E-state index in [2.05, 4.69) is 37.5 Å². The normalized spacial score (nSPS) is 19.3. The average molecular weight is 295 g/mol. The topological polar surface area (TPSA) is 101 Å². The molecule has 0 aromatic carbocycles. The summed E-state index contributed by atoms with van der Waals surface area (Å²) in [6.45, 7) is 8.00. The molecule has 0 amide bonds. The molecule has 21 heavy (non-hydrogen) atoms. The molecule has 1 unspecified atom stereocenters. The number of rotatable bonds is 7. The lowest BCUT2D eigenvalue weighted by Crippen LogP contribution is -2.42. The Hall–Kier alpha value is -1.67. The fourth-order valence-corrected chi connectivity index (χ4v) is 2.39. The highest BCUT2D eigenvalue weighted by atomic mass is 16.5. The molecule has 0 aliphatic carbocycles. The summed E-state index contributed by atoms with van der Waals surface area (Å²) in [6, 6.07) is 0.635. The van der Waals surface area contributed by atoms with Gasteiger partial charge < -0.3 is 15.0 Å². The summed E-state index contributed by atoms with van der Waals surface area (Å²) in [6.07, 6.45) is 3.18. The summed E-state index contributed by atoms with van der Waals surface area (Å²) in [5, 5.41) is 3.36. The third kappa shape index (κ3) is 4.68. The molecule has 8 heteroatoms. The SMILES string of the molecule is CCCOc1nc(NN)nc(NC2CCCN(CC)C2)n1. The van der Waals surface area contributed by atoms with E-state index in [-0.39, 0.29) is 0 Å². The van der Waals surface area contributed by atoms with Crippen LogP contribution in [-0.2, 0) is 0 Å². The van der Waals surface area contributed by atoms with Crippen molar-refractivity contribution in [2.75, 3.05) is 37.0 Å². The molecule has 8 nitrogen and oxygen atoms in total. The number of nitrogens with two attached hydrogens (primary N) is 1. The predicted molar refractivity (Wildman–Crippen MR) is 82.2 cm³/mol. The number of hydrogen-bond acceptors (Lipinski definition) is 8. The zero-order chi connectivity index (χ0) is 15.1. The Morgan fingerprint density at radius 1 is 1.29 bits per heavy atom. The van der Waals surface area contributed by atoms with Gasteiger partial charge in [0.15, 0.2) is 0 Å². The molecule has 1 saturated heterocycles. The first-order valence-corrected chi connectivity index (χ1v) is 7.59. The number of anilines is 2. The van der Waals surface area contributed by atoms with E-state index >= 15 is 0 Å². The lowest BCUT2D eigenvalue weighted by Gasteiger charge is -2.32. The van der Waals surface area contributed by atoms with Gasteiger partial charge in [0.2, 0.25) is 11.9 Å². The predicted octanol–water partition coefficient (Wildman–Crippen LogP) is 0.842. The van der Waals surface area contributed by atoms with Gasteiger partial charge in [0.05, 0.1) is 6.61 Å². The van der Waals surface area contributed by atoms with E-state index in [0.29, 0.717) is 30.6 Å². The second-order valence-electron chi connectivity index (χ2n) is 5.13. The lowest BCUT2D eigenvalue weighted by molar-refractivity contribution is 0.226. The molecule has 0 radical (unpaired) electrons. The quantitative estimate of drug-likeness (QED) is 0.502. The highest BCUT2D eigenvalue weighted by Crippen LogP contribution is 2.16. The first kappa shape index (κ1) is 15.7. The van der Waals surface area contributed by atoms with E-state index < -0.39 is 0 Å². The largest absolute Gasteiger partial charge is 0.463 e. The highest BCUT2D eigenvalue weighted by Gasteiger charge is 2.20. The van der Waals surface area contributed by atoms with Crippen LogP contribution in [-0.4, -0.2) is 52.1 Å². The fraction of sp³-hybridized carbons (Fsp3) is 0.769. The van der Waals surface area contributed by atoms with Crippen LogP contribution >= 0.6 is 0 Å². The minimum absolute atomic E-state index is 0.297. The summed E-state index contributed by atoms with van der Waals surface area (Å²) >= 11 is 0. The molecule has 4 N–H and O–H groups in total. The third-order valence-electron chi connectivity index (χ3n) is 3.47. The van der Waals surface area contributed by atoms with Crippen molar-refractivity contribution in [2.45, 2.75) is 39.2 Å². The van der Waals surface area contributed by atoms with Crippen LogP contribution in [0.4, 0.5) is 11.9 Å². The van der Waals surface area contributed by atoms with Crippen LogP contribution in [0.3, 0.4) is 0 Å². The summed E-state index contributed by atoms with van der Waals surface area (Å²) in [4.78, 5) is 15.0. The second-order valence-corrected chi connectivity index (χ2v) is 5.13. The number of likely N-dealkylation sites (tertiary alicyclic amines) is 1. The Morgan fingerprint density at radius 3 is 2.81 bits per heavy atom. The van der Waals surface area contributed by atoms with E-state index in [9.17, 15) is 0 Å². The van der Waals surface area contributed by atoms with Gasteiger partial charge in [-0.15, -0.1) is 0 Å². The Kier molecular flexibility index (Phi) is 5.94. The van der Waals surface area contributed by atoms with Crippen molar-refractivity contribution in [3.8, 4) is 6.01 Å². The minimum Gasteiger partial charge on any atom is -0.463 e. The second kappa shape index (κ2) is 7.94. The van der Waals surface area contributed by atoms with Gasteiger partial charge in [0.1, 0.15) is 0 Å². The first-order valence-electron chi connectivity index (χ1n) is 7.59. The van der Waals surface area contributed by atoms with Gasteiger partial charge in [-0.3, -0.25) is 5.43 Å². The molecule has 1 aromatic heterocycles. The zero-order valence-corrected chi connectivity index (χ0v) is 12.8. The molecular weight excluding hydrogens is 270 g/mol. The van der Waals surface area contributed by atoms with Crippen LogP contribution in [0.25, 0.3) is 0 Å². The maximum Gasteiger partial charge on any atom is 0.323 e. The van der Waals surface area contributed by atoms with Crippen LogP contribution in [0.5, 0.6) is 6.01 Å². The number of likely N-dealkylation sites (N-methyl/N-ethyl adjacent to an activating group) is 1. The number of piperidine rings is 1. The van der Waals surface area contributed by atoms with Gasteiger partial charge in [-0.1, -0.05) is 13.8 Å². The van der Waals surface area contributed by atoms with Crippen molar-refractivity contribution in [1.29, 1.82) is 0 Å². The van der Waals surface area contributed by atoms with Crippen molar-refractivity contribution >= 4 is 11.9 Å². The highest BCUT2D eigenvalue weighted by molar-refractivity contribution is 5.35. The molecule has 2 rings (SSSR count). The van der Waals surface area contributed by atoms with Gasteiger partial charge >= 0.3 is 6.01 Å². The molecule has 118 valence electrons. The number of nitrogen functional groups attached to an aromatic ring is 1. The summed E-state index contributed by atoms with van der Waals surface area (Å²) in [5.74, 6) is 6.21. The summed E-state index contributed by atoms with van der Waals surface area (Å²) < 4.78 is 5.46. The molecule has 0 saturated carbocycles. The number of hydrogen-bond donors (Lipinski definition) is 3. The molecule has 1 atom stereocenters. The fourth-order valence-electron chi connectivity index (χ4n) is 2.39. The van der Waals surface area contributed by atoms with Crippen molar-refractivity contribution in [2.24, 2.45) is 5.84 Å². The number of hydrazine groups is 1. The van der Waals surface area contributed by atoms with E-state index in [1.807, 2.05) is 6.92 Å². The van der Waals surface area contributed by atoms with Crippen molar-refractivity contribution in [3.63, 3.8) is 0 Å². The molecule has 1 aliphatic rings. The number of ether oxygens (including phenoxy) is 1. The smallest absolute Gasteiger partial charge is 0.323 e. The van der Waals surface area contributed by atoms with Gasteiger partial charge in [-0.05, 0) is 32.4 Å². The Labute approximate surface area is 125 Å². The summed E-state index contributed by atoms with van der Waals surface area (Å²) in [7, 11) is 0. The van der Waals surface area contributed by atoms with E-state index in [0.717, 1.165) is 32.5 Å². The van der Waals surface area contributed by atoms with Crippen molar-refractivity contribution < 1.29 is 4.74 Å². The van der Waals surface area contributed by atoms with Crippen LogP contribution in [0.1, 0.15) is 33.1 Å². The molecule has 1 aliphatic heterocycles. The number of nitrogens with zero attached hydrogens (tertiary/aromatic N) is 4. The van der Waals surface area contributed by atoms with Gasteiger partial charge in [0, 0.05) is 12.6 Å². The van der Waals surface area contributed by atoms with Crippen molar-refractivity contribution in [1.82, 2.24) is 19.9 Å². The van der Waals surface area contributed by atoms with Gasteiger partial charge in [-0.2, -0.15) is 15.0 Å². The third-order valence-corrected chi connectivity index (χ3v) is 3.47. The van der Waals surface area contributed by atoms with Crippen LogP contribution < -0.4 is 21.3 Å². The van der Waals surface area contributed by atoms with E-state index in [1.54, 1.807) is 0 Å². The van der Waals surface area contributed by atoms with Gasteiger partial charge in [-0.25, -0.2) is 5.84 Å². The maximum atomic E-state index is 5.46. The van der Waals surface area contributed by atoms with Crippen LogP contribution in [0.15, 0.2) is 0 Å². The Morgan fingerprint density at radius 2 is 2.10 bits per heavy atom. The number of nitrogens with one attached hydrogen (secondary N) is 2. The molecule has 1 aromatic rings. The Balaban J connectivity index is 2.03. The van der Waals surface area contributed by atoms with E-state index in [1.165, 1.54) is 6.42 Å². The van der Waals surface area contributed by atoms with E-state index in [4.69, 9.17) is 10.6 Å². The minimum atomic E-state index is 0.297. The average Bonchev–Trinajstić information content (AvgIpc) is 2.52. The molecule has 0 bridgehead atoms. The van der Waals surface area contributed by atoms with Crippen LogP contribution in [0.2, 0.25) is 0 Å². The first-order chi connectivity index (χ1) is 10.2. The van der Waals surface area contributed by atoms with Crippen LogP contribution in [0, 0.1) is 0 Å². The summed E-state index contributed by atoms with van der Waals surface area (Å²) in [5.41, 5.74) is 2.45. The number of aromatic nitrogens is 3. The van der Waals surface area contributed by atoms with Crippen molar-refractivity contribution in [3.05, 3.63) is 0 Å². The monoisotopic (exact) mass is 295 g/mol.